The summed E-state index contributed by atoms with van der Waals surface area (Å²) < 4.78 is 0. The molecule has 1 aliphatic carbocycles. The lowest BCUT2D eigenvalue weighted by atomic mass is 9.82. The van der Waals surface area contributed by atoms with E-state index in [4.69, 9.17) is 5.73 Å². The Morgan fingerprint density at radius 3 is 2.54 bits per heavy atom. The summed E-state index contributed by atoms with van der Waals surface area (Å²) >= 11 is 0. The largest absolute Gasteiger partial charge is 0.330 e. The minimum atomic E-state index is 0.571. The molecule has 2 fully saturated rings. The molecule has 1 saturated carbocycles. The molecule has 2 rings (SSSR count). The minimum Gasteiger partial charge on any atom is -0.330 e. The van der Waals surface area contributed by atoms with Crippen molar-refractivity contribution in [2.24, 2.45) is 17.1 Å². The predicted molar refractivity (Wildman–Crippen MR) is 55.5 cm³/mol. The zero-order valence-corrected chi connectivity index (χ0v) is 8.92. The minimum absolute atomic E-state index is 0.571. The van der Waals surface area contributed by atoms with Crippen molar-refractivity contribution in [2.75, 3.05) is 19.6 Å². The maximum Gasteiger partial charge on any atom is 0.0136 e. The van der Waals surface area contributed by atoms with Crippen molar-refractivity contribution in [1.29, 1.82) is 0 Å². The van der Waals surface area contributed by atoms with Gasteiger partial charge in [0, 0.05) is 19.1 Å². The molecule has 0 aromatic heterocycles. The van der Waals surface area contributed by atoms with Crippen molar-refractivity contribution in [3.63, 3.8) is 0 Å². The Morgan fingerprint density at radius 2 is 2.00 bits per heavy atom. The molecule has 0 bridgehead atoms. The van der Waals surface area contributed by atoms with Gasteiger partial charge in [-0.05, 0) is 30.7 Å². The lowest BCUT2D eigenvalue weighted by Gasteiger charge is -2.50. The number of nitrogens with zero attached hydrogens (tertiary/aromatic N) is 1. The molecule has 2 unspecified atom stereocenters. The zero-order chi connectivity index (χ0) is 9.47. The maximum atomic E-state index is 5.78. The summed E-state index contributed by atoms with van der Waals surface area (Å²) in [5, 5.41) is 0. The molecule has 1 saturated heterocycles. The summed E-state index contributed by atoms with van der Waals surface area (Å²) in [7, 11) is 0. The summed E-state index contributed by atoms with van der Waals surface area (Å²) in [4.78, 5) is 2.64. The Kier molecular flexibility index (Phi) is 2.37. The molecule has 0 spiro atoms. The van der Waals surface area contributed by atoms with E-state index in [0.717, 1.165) is 18.5 Å². The van der Waals surface area contributed by atoms with Gasteiger partial charge in [-0.15, -0.1) is 0 Å². The molecule has 2 atom stereocenters. The summed E-state index contributed by atoms with van der Waals surface area (Å²) in [6.45, 7) is 8.18. The average Bonchev–Trinajstić information content (AvgIpc) is 2.46. The molecular formula is C11H22N2. The summed E-state index contributed by atoms with van der Waals surface area (Å²) in [5.74, 6) is 0.788. The smallest absolute Gasteiger partial charge is 0.0136 e. The first kappa shape index (κ1) is 9.47. The van der Waals surface area contributed by atoms with Gasteiger partial charge in [0.25, 0.3) is 0 Å². The molecule has 1 heterocycles. The van der Waals surface area contributed by atoms with Crippen LogP contribution in [0.15, 0.2) is 0 Å². The quantitative estimate of drug-likeness (QED) is 0.700. The normalized spacial score (nSPS) is 39.0. The number of hydrogen-bond acceptors (Lipinski definition) is 2. The van der Waals surface area contributed by atoms with Crippen LogP contribution in [-0.2, 0) is 0 Å². The topological polar surface area (TPSA) is 29.3 Å². The summed E-state index contributed by atoms with van der Waals surface area (Å²) in [5.41, 5.74) is 6.35. The van der Waals surface area contributed by atoms with Crippen LogP contribution in [-0.4, -0.2) is 30.6 Å². The van der Waals surface area contributed by atoms with E-state index in [9.17, 15) is 0 Å². The Labute approximate surface area is 81.5 Å². The van der Waals surface area contributed by atoms with Crippen LogP contribution in [0.4, 0.5) is 0 Å². The lowest BCUT2D eigenvalue weighted by Crippen LogP contribution is -2.58. The fourth-order valence-electron chi connectivity index (χ4n) is 3.06. The van der Waals surface area contributed by atoms with Gasteiger partial charge in [0.15, 0.2) is 0 Å². The fourth-order valence-corrected chi connectivity index (χ4v) is 3.06. The third kappa shape index (κ3) is 1.75. The number of hydrogen-bond donors (Lipinski definition) is 1. The van der Waals surface area contributed by atoms with Gasteiger partial charge in [-0.25, -0.2) is 0 Å². The highest BCUT2D eigenvalue weighted by Crippen LogP contribution is 2.38. The summed E-state index contributed by atoms with van der Waals surface area (Å²) in [6.07, 6.45) is 4.14. The van der Waals surface area contributed by atoms with Crippen molar-refractivity contribution >= 4 is 0 Å². The molecular weight excluding hydrogens is 160 g/mol. The molecule has 2 heteroatoms. The Hall–Kier alpha value is -0.0800. The first-order valence-corrected chi connectivity index (χ1v) is 5.56. The van der Waals surface area contributed by atoms with Crippen LogP contribution in [0.2, 0.25) is 0 Å². The van der Waals surface area contributed by atoms with E-state index in [1.807, 2.05) is 0 Å². The van der Waals surface area contributed by atoms with Crippen LogP contribution in [0.3, 0.4) is 0 Å². The van der Waals surface area contributed by atoms with Crippen LogP contribution >= 0.6 is 0 Å². The second-order valence-corrected chi connectivity index (χ2v) is 5.56. The first-order valence-electron chi connectivity index (χ1n) is 5.56. The van der Waals surface area contributed by atoms with E-state index in [-0.39, 0.29) is 0 Å². The molecule has 2 N–H and O–H groups in total. The monoisotopic (exact) mass is 182 g/mol. The Bertz CT molecular complexity index is 181. The molecule has 76 valence electrons. The molecule has 1 aliphatic heterocycles. The highest BCUT2D eigenvalue weighted by molar-refractivity contribution is 4.96. The predicted octanol–water partition coefficient (Wildman–Crippen LogP) is 1.46. The van der Waals surface area contributed by atoms with E-state index >= 15 is 0 Å². The maximum absolute atomic E-state index is 5.78. The van der Waals surface area contributed by atoms with Gasteiger partial charge in [0.2, 0.25) is 0 Å². The molecule has 0 aromatic rings. The van der Waals surface area contributed by atoms with Crippen LogP contribution < -0.4 is 5.73 Å². The summed E-state index contributed by atoms with van der Waals surface area (Å²) in [6, 6.07) is 0.818. The lowest BCUT2D eigenvalue weighted by molar-refractivity contribution is -0.0171. The molecule has 0 aromatic carbocycles. The number of likely N-dealkylation sites (tertiary alicyclic amines) is 1. The fraction of sp³-hybridized carbons (Fsp3) is 1.00. The molecule has 0 radical (unpaired) electrons. The highest BCUT2D eigenvalue weighted by atomic mass is 15.2. The van der Waals surface area contributed by atoms with Crippen LogP contribution in [0, 0.1) is 11.3 Å². The van der Waals surface area contributed by atoms with Crippen LogP contribution in [0.1, 0.15) is 33.1 Å². The Morgan fingerprint density at radius 1 is 1.31 bits per heavy atom. The first-order chi connectivity index (χ1) is 6.12. The third-order valence-corrected chi connectivity index (χ3v) is 3.65. The van der Waals surface area contributed by atoms with Crippen molar-refractivity contribution < 1.29 is 0 Å². The van der Waals surface area contributed by atoms with Gasteiger partial charge < -0.3 is 5.73 Å². The van der Waals surface area contributed by atoms with E-state index in [2.05, 4.69) is 18.7 Å². The van der Waals surface area contributed by atoms with Crippen LogP contribution in [0.5, 0.6) is 0 Å². The SMILES string of the molecule is CC1(C)CN(C2CCCC2CN)C1. The molecule has 2 nitrogen and oxygen atoms in total. The third-order valence-electron chi connectivity index (χ3n) is 3.65. The van der Waals surface area contributed by atoms with Gasteiger partial charge in [-0.1, -0.05) is 20.3 Å². The number of rotatable bonds is 2. The number of nitrogens with two attached hydrogens (primary N) is 1. The van der Waals surface area contributed by atoms with Gasteiger partial charge in [0.1, 0.15) is 0 Å². The van der Waals surface area contributed by atoms with Crippen molar-refractivity contribution in [1.82, 2.24) is 4.90 Å². The molecule has 0 amide bonds. The van der Waals surface area contributed by atoms with Crippen molar-refractivity contribution in [3.05, 3.63) is 0 Å². The molecule has 13 heavy (non-hydrogen) atoms. The Balaban J connectivity index is 1.88. The highest BCUT2D eigenvalue weighted by Gasteiger charge is 2.41. The molecule has 2 aliphatic rings. The second kappa shape index (κ2) is 3.25. The van der Waals surface area contributed by atoms with E-state index < -0.39 is 0 Å². The standard InChI is InChI=1S/C11H22N2/c1-11(2)7-13(8-11)10-5-3-4-9(10)6-12/h9-10H,3-8,12H2,1-2H3. The van der Waals surface area contributed by atoms with Crippen LogP contribution in [0.25, 0.3) is 0 Å². The van der Waals surface area contributed by atoms with Crippen molar-refractivity contribution in [3.8, 4) is 0 Å². The second-order valence-electron chi connectivity index (χ2n) is 5.56. The average molecular weight is 182 g/mol. The van der Waals surface area contributed by atoms with E-state index in [1.54, 1.807) is 0 Å². The zero-order valence-electron chi connectivity index (χ0n) is 8.92. The van der Waals surface area contributed by atoms with Gasteiger partial charge >= 0.3 is 0 Å². The van der Waals surface area contributed by atoms with Gasteiger partial charge in [-0.3, -0.25) is 4.90 Å². The van der Waals surface area contributed by atoms with E-state index in [1.165, 1.54) is 32.4 Å². The van der Waals surface area contributed by atoms with Gasteiger partial charge in [0.05, 0.1) is 0 Å². The van der Waals surface area contributed by atoms with Gasteiger partial charge in [-0.2, -0.15) is 0 Å². The van der Waals surface area contributed by atoms with Crippen molar-refractivity contribution in [2.45, 2.75) is 39.2 Å². The van der Waals surface area contributed by atoms with E-state index in [0.29, 0.717) is 5.41 Å².